The molecule has 0 radical (unpaired) electrons. The number of quaternary nitrogens is 1. The van der Waals surface area contributed by atoms with E-state index in [2.05, 4.69) is 24.1 Å². The lowest BCUT2D eigenvalue weighted by atomic mass is 10.1. The lowest BCUT2D eigenvalue weighted by molar-refractivity contribution is -0.778. The van der Waals surface area contributed by atoms with Crippen LogP contribution in [-0.2, 0) is 4.79 Å². The number of aliphatic imine (C=N–C) groups is 1. The number of carboxylic acids is 1. The van der Waals surface area contributed by atoms with E-state index in [0.29, 0.717) is 13.1 Å². The third kappa shape index (κ3) is 10.2. The van der Waals surface area contributed by atoms with Crippen LogP contribution in [0.15, 0.2) is 29.5 Å². The zero-order valence-electron chi connectivity index (χ0n) is 18.0. The van der Waals surface area contributed by atoms with E-state index in [4.69, 9.17) is 5.73 Å². The second-order valence-corrected chi connectivity index (χ2v) is 7.92. The van der Waals surface area contributed by atoms with Crippen molar-refractivity contribution in [2.75, 3.05) is 19.6 Å². The fourth-order valence-electron chi connectivity index (χ4n) is 3.82. The Morgan fingerprint density at radius 2 is 1.64 bits per heavy atom. The first kappa shape index (κ1) is 24.6. The molecule has 0 aromatic heterocycles. The van der Waals surface area contributed by atoms with Gasteiger partial charge in [-0.1, -0.05) is 70.4 Å². The molecule has 0 saturated carbocycles. The van der Waals surface area contributed by atoms with Crippen molar-refractivity contribution in [3.8, 4) is 0 Å². The molecule has 0 saturated heterocycles. The minimum Gasteiger partial charge on any atom is -0.477 e. The normalized spacial score (nSPS) is 18.9. The van der Waals surface area contributed by atoms with Gasteiger partial charge in [0, 0.05) is 13.0 Å². The van der Waals surface area contributed by atoms with Crippen molar-refractivity contribution in [3.05, 3.63) is 24.6 Å². The number of amidine groups is 1. The summed E-state index contributed by atoms with van der Waals surface area (Å²) in [6.45, 7) is 3.34. The first-order valence-electron chi connectivity index (χ1n) is 11.3. The molecule has 0 amide bonds. The Labute approximate surface area is 172 Å². The molecule has 3 N–H and O–H groups in total. The second kappa shape index (κ2) is 15.5. The number of allylic oxidation sites excluding steroid dienone is 2. The maximum Gasteiger partial charge on any atom is 0.360 e. The van der Waals surface area contributed by atoms with E-state index in [1.807, 2.05) is 6.20 Å². The third-order valence-electron chi connectivity index (χ3n) is 5.45. The lowest BCUT2D eigenvalue weighted by Crippen LogP contribution is -2.52. The molecular weight excluding hydrogens is 350 g/mol. The highest BCUT2D eigenvalue weighted by atomic mass is 16.4. The zero-order valence-corrected chi connectivity index (χ0v) is 18.0. The summed E-state index contributed by atoms with van der Waals surface area (Å²) in [6, 6.07) is 0. The Kier molecular flexibility index (Phi) is 13.6. The van der Waals surface area contributed by atoms with Crippen molar-refractivity contribution in [2.45, 2.75) is 90.4 Å². The molecule has 28 heavy (non-hydrogen) atoms. The molecule has 0 bridgehead atoms. The van der Waals surface area contributed by atoms with Crippen molar-refractivity contribution < 1.29 is 14.4 Å². The smallest absolute Gasteiger partial charge is 0.360 e. The number of rotatable bonds is 18. The van der Waals surface area contributed by atoms with E-state index < -0.39 is 5.97 Å². The topological polar surface area (TPSA) is 75.7 Å². The Bertz CT molecular complexity index is 514. The minimum atomic E-state index is -0.812. The number of hydrogen-bond acceptors (Lipinski definition) is 3. The highest BCUT2D eigenvalue weighted by Crippen LogP contribution is 2.20. The predicted molar refractivity (Wildman–Crippen MR) is 118 cm³/mol. The third-order valence-corrected chi connectivity index (χ3v) is 5.45. The molecule has 1 unspecified atom stereocenters. The quantitative estimate of drug-likeness (QED) is 0.187. The fraction of sp³-hybridized carbons (Fsp3) is 0.739. The Morgan fingerprint density at radius 1 is 1.04 bits per heavy atom. The van der Waals surface area contributed by atoms with Crippen LogP contribution < -0.4 is 5.73 Å². The van der Waals surface area contributed by atoms with Crippen LogP contribution in [0.2, 0.25) is 0 Å². The summed E-state index contributed by atoms with van der Waals surface area (Å²) >= 11 is 0. The van der Waals surface area contributed by atoms with Crippen LogP contribution in [0.1, 0.15) is 90.4 Å². The molecule has 5 heteroatoms. The first-order valence-corrected chi connectivity index (χ1v) is 11.3. The second-order valence-electron chi connectivity index (χ2n) is 7.92. The maximum atomic E-state index is 11.2. The van der Waals surface area contributed by atoms with E-state index in [1.54, 1.807) is 6.20 Å². The van der Waals surface area contributed by atoms with E-state index in [9.17, 15) is 9.90 Å². The van der Waals surface area contributed by atoms with Gasteiger partial charge in [0.05, 0.1) is 6.20 Å². The van der Waals surface area contributed by atoms with Gasteiger partial charge in [0.15, 0.2) is 6.54 Å². The molecule has 160 valence electrons. The number of aliphatic carboxylic acids is 1. The van der Waals surface area contributed by atoms with E-state index >= 15 is 0 Å². The van der Waals surface area contributed by atoms with Crippen molar-refractivity contribution in [1.29, 1.82) is 0 Å². The Hall–Kier alpha value is -1.46. The molecule has 0 fully saturated rings. The SMILES string of the molecule is CCCCCCCCCCC/C=C/CCCC1=NC=C[N+]1(CCN)CC(=O)O. The molecule has 0 aromatic carbocycles. The summed E-state index contributed by atoms with van der Waals surface area (Å²) < 4.78 is 0.286. The van der Waals surface area contributed by atoms with Gasteiger partial charge in [-0.3, -0.25) is 0 Å². The molecule has 0 aromatic rings. The zero-order chi connectivity index (χ0) is 20.5. The predicted octanol–water partition coefficient (Wildman–Crippen LogP) is 5.38. The largest absolute Gasteiger partial charge is 0.477 e. The van der Waals surface area contributed by atoms with Crippen LogP contribution in [0, 0.1) is 0 Å². The number of carboxylic acid groups (broad SMARTS) is 1. The van der Waals surface area contributed by atoms with Gasteiger partial charge < -0.3 is 10.8 Å². The van der Waals surface area contributed by atoms with Crippen molar-refractivity contribution in [2.24, 2.45) is 10.7 Å². The van der Waals surface area contributed by atoms with Crippen LogP contribution in [0.4, 0.5) is 0 Å². The average Bonchev–Trinajstić information content (AvgIpc) is 3.03. The van der Waals surface area contributed by atoms with Gasteiger partial charge in [-0.15, -0.1) is 0 Å². The number of nitrogens with zero attached hydrogens (tertiary/aromatic N) is 2. The highest BCUT2D eigenvalue weighted by Gasteiger charge is 2.36. The molecule has 5 nitrogen and oxygen atoms in total. The van der Waals surface area contributed by atoms with Gasteiger partial charge >= 0.3 is 5.97 Å². The number of carbonyl (C=O) groups is 1. The van der Waals surface area contributed by atoms with Gasteiger partial charge in [0.25, 0.3) is 0 Å². The van der Waals surface area contributed by atoms with Crippen LogP contribution >= 0.6 is 0 Å². The van der Waals surface area contributed by atoms with Crippen LogP contribution in [0.25, 0.3) is 0 Å². The molecule has 1 atom stereocenters. The van der Waals surface area contributed by atoms with Gasteiger partial charge in [0.2, 0.25) is 5.84 Å². The number of unbranched alkanes of at least 4 members (excludes halogenated alkanes) is 10. The van der Waals surface area contributed by atoms with Crippen molar-refractivity contribution in [1.82, 2.24) is 0 Å². The van der Waals surface area contributed by atoms with E-state index in [0.717, 1.165) is 25.1 Å². The Morgan fingerprint density at radius 3 is 2.25 bits per heavy atom. The molecule has 0 aliphatic carbocycles. The summed E-state index contributed by atoms with van der Waals surface area (Å²) in [4.78, 5) is 15.7. The van der Waals surface area contributed by atoms with Gasteiger partial charge in [-0.2, -0.15) is 0 Å². The van der Waals surface area contributed by atoms with E-state index in [1.165, 1.54) is 64.2 Å². The number of nitrogens with two attached hydrogens (primary N) is 1. The molecule has 1 rings (SSSR count). The monoisotopic (exact) mass is 392 g/mol. The molecule has 1 aliphatic rings. The van der Waals surface area contributed by atoms with Crippen LogP contribution in [0.5, 0.6) is 0 Å². The molecule has 0 spiro atoms. The number of hydrogen-bond donors (Lipinski definition) is 2. The first-order chi connectivity index (χ1) is 13.6. The summed E-state index contributed by atoms with van der Waals surface area (Å²) in [6.07, 6.45) is 24.5. The summed E-state index contributed by atoms with van der Waals surface area (Å²) in [5.41, 5.74) is 5.70. The summed E-state index contributed by atoms with van der Waals surface area (Å²) in [5.74, 6) is 0.119. The van der Waals surface area contributed by atoms with E-state index in [-0.39, 0.29) is 11.0 Å². The van der Waals surface area contributed by atoms with Crippen molar-refractivity contribution >= 4 is 11.8 Å². The Balaban J connectivity index is 2.09. The van der Waals surface area contributed by atoms with Crippen molar-refractivity contribution in [3.63, 3.8) is 0 Å². The fourth-order valence-corrected chi connectivity index (χ4v) is 3.82. The highest BCUT2D eigenvalue weighted by molar-refractivity contribution is 5.81. The molecular formula is C23H42N3O2+. The maximum absolute atomic E-state index is 11.2. The molecule has 1 heterocycles. The molecule has 1 aliphatic heterocycles. The lowest BCUT2D eigenvalue weighted by Gasteiger charge is -2.30. The van der Waals surface area contributed by atoms with Gasteiger partial charge in [-0.05, 0) is 25.7 Å². The van der Waals surface area contributed by atoms with Gasteiger partial charge in [0.1, 0.15) is 12.7 Å². The standard InChI is InChI=1S/C23H41N3O2/c1-2-3-4-5-6-7-8-9-10-11-12-13-14-15-16-22-25-18-20-26(22,19-17-24)21-23(27)28/h12-13,18,20H,2-11,14-17,19,21,24H2,1H3/p+1/b13-12+. The van der Waals surface area contributed by atoms with Crippen LogP contribution in [-0.4, -0.2) is 41.0 Å². The average molecular weight is 393 g/mol. The summed E-state index contributed by atoms with van der Waals surface area (Å²) in [5, 5.41) is 9.22. The van der Waals surface area contributed by atoms with Gasteiger partial charge in [-0.25, -0.2) is 14.3 Å². The minimum absolute atomic E-state index is 0.0287. The summed E-state index contributed by atoms with van der Waals surface area (Å²) in [7, 11) is 0. The van der Waals surface area contributed by atoms with Crippen LogP contribution in [0.3, 0.4) is 0 Å².